The first-order valence-corrected chi connectivity index (χ1v) is 7.38. The third kappa shape index (κ3) is 3.86. The summed E-state index contributed by atoms with van der Waals surface area (Å²) < 4.78 is 5.24. The minimum atomic E-state index is -0.396. The molecule has 0 saturated heterocycles. The highest BCUT2D eigenvalue weighted by Crippen LogP contribution is 2.17. The highest BCUT2D eigenvalue weighted by Gasteiger charge is 2.11. The third-order valence-corrected chi connectivity index (χ3v) is 3.23. The van der Waals surface area contributed by atoms with Crippen LogP contribution in [0.15, 0.2) is 69.9 Å². The summed E-state index contributed by atoms with van der Waals surface area (Å²) in [4.78, 5) is 12.0. The fraction of sp³-hybridized carbons (Fsp3) is 0.0556. The molecule has 6 heteroatoms. The van der Waals surface area contributed by atoms with E-state index in [4.69, 9.17) is 4.42 Å². The van der Waals surface area contributed by atoms with E-state index in [1.165, 1.54) is 0 Å². The summed E-state index contributed by atoms with van der Waals surface area (Å²) in [7, 11) is 0. The van der Waals surface area contributed by atoms with Gasteiger partial charge >= 0.3 is 0 Å². The molecule has 2 aromatic heterocycles. The van der Waals surface area contributed by atoms with Gasteiger partial charge in [-0.3, -0.25) is 9.89 Å². The van der Waals surface area contributed by atoms with Crippen LogP contribution in [0, 0.1) is 0 Å². The van der Waals surface area contributed by atoms with Crippen molar-refractivity contribution >= 4 is 18.2 Å². The van der Waals surface area contributed by atoms with E-state index in [1.807, 2.05) is 43.3 Å². The van der Waals surface area contributed by atoms with Crippen LogP contribution in [-0.2, 0) is 0 Å². The molecule has 0 aliphatic heterocycles. The lowest BCUT2D eigenvalue weighted by molar-refractivity contribution is 0.0950. The van der Waals surface area contributed by atoms with Crippen LogP contribution in [-0.4, -0.2) is 22.3 Å². The molecule has 0 aliphatic carbocycles. The Morgan fingerprint density at radius 1 is 1.25 bits per heavy atom. The molecule has 120 valence electrons. The molecule has 2 heterocycles. The zero-order valence-corrected chi connectivity index (χ0v) is 13.1. The summed E-state index contributed by atoms with van der Waals surface area (Å²) in [6, 6.07) is 15.0. The number of nitrogens with one attached hydrogen (secondary N) is 2. The molecule has 1 amide bonds. The molecule has 6 nitrogen and oxygen atoms in total. The predicted octanol–water partition coefficient (Wildman–Crippen LogP) is 3.49. The van der Waals surface area contributed by atoms with Gasteiger partial charge in [-0.1, -0.05) is 36.4 Å². The van der Waals surface area contributed by atoms with Crippen molar-refractivity contribution in [1.29, 1.82) is 0 Å². The summed E-state index contributed by atoms with van der Waals surface area (Å²) >= 11 is 0. The lowest BCUT2D eigenvalue weighted by atomic mass is 10.1. The van der Waals surface area contributed by atoms with Gasteiger partial charge in [-0.2, -0.15) is 10.2 Å². The van der Waals surface area contributed by atoms with Gasteiger partial charge in [-0.05, 0) is 30.2 Å². The highest BCUT2D eigenvalue weighted by atomic mass is 16.3. The number of aromatic amines is 1. The van der Waals surface area contributed by atoms with Crippen LogP contribution < -0.4 is 5.43 Å². The SMILES string of the molecule is CC(/C=N\NC(=O)c1cc(-c2ccco2)[nH]n1)=C/c1ccccc1. The zero-order chi connectivity index (χ0) is 16.8. The predicted molar refractivity (Wildman–Crippen MR) is 92.3 cm³/mol. The molecule has 3 aromatic rings. The first kappa shape index (κ1) is 15.5. The summed E-state index contributed by atoms with van der Waals surface area (Å²) in [5, 5.41) is 10.7. The second-order valence-electron chi connectivity index (χ2n) is 5.14. The Hall–Kier alpha value is -3.41. The van der Waals surface area contributed by atoms with Crippen LogP contribution in [0.4, 0.5) is 0 Å². The van der Waals surface area contributed by atoms with Crippen molar-refractivity contribution in [3.05, 3.63) is 71.6 Å². The van der Waals surface area contributed by atoms with Crippen LogP contribution in [0.25, 0.3) is 17.5 Å². The van der Waals surface area contributed by atoms with E-state index in [0.717, 1.165) is 11.1 Å². The molecular formula is C18H16N4O2. The third-order valence-electron chi connectivity index (χ3n) is 3.23. The van der Waals surface area contributed by atoms with Crippen LogP contribution in [0.2, 0.25) is 0 Å². The average Bonchev–Trinajstić information content (AvgIpc) is 3.27. The van der Waals surface area contributed by atoms with Crippen molar-refractivity contribution in [2.24, 2.45) is 5.10 Å². The molecule has 0 spiro atoms. The van der Waals surface area contributed by atoms with Gasteiger partial charge in [-0.25, -0.2) is 5.43 Å². The first-order valence-electron chi connectivity index (χ1n) is 7.38. The van der Waals surface area contributed by atoms with E-state index in [1.54, 1.807) is 30.7 Å². The quantitative estimate of drug-likeness (QED) is 0.557. The van der Waals surface area contributed by atoms with Crippen molar-refractivity contribution in [2.45, 2.75) is 6.92 Å². The van der Waals surface area contributed by atoms with Gasteiger partial charge in [0.2, 0.25) is 0 Å². The number of allylic oxidation sites excluding steroid dienone is 1. The van der Waals surface area contributed by atoms with Gasteiger partial charge in [0.25, 0.3) is 5.91 Å². The molecule has 0 aliphatic rings. The molecule has 24 heavy (non-hydrogen) atoms. The van der Waals surface area contributed by atoms with Crippen molar-refractivity contribution in [2.75, 3.05) is 0 Å². The minimum absolute atomic E-state index is 0.239. The number of hydrogen-bond donors (Lipinski definition) is 2. The molecule has 0 atom stereocenters. The number of H-pyrrole nitrogens is 1. The Kier molecular flexibility index (Phi) is 4.67. The number of carbonyl (C=O) groups is 1. The van der Waals surface area contributed by atoms with Crippen LogP contribution in [0.1, 0.15) is 23.0 Å². The summed E-state index contributed by atoms with van der Waals surface area (Å²) in [6.45, 7) is 1.91. The number of hydrogen-bond acceptors (Lipinski definition) is 4. The number of carbonyl (C=O) groups excluding carboxylic acids is 1. The Morgan fingerprint density at radius 2 is 2.08 bits per heavy atom. The van der Waals surface area contributed by atoms with Crippen LogP contribution in [0.5, 0.6) is 0 Å². The number of furan rings is 1. The van der Waals surface area contributed by atoms with Crippen molar-refractivity contribution in [3.63, 3.8) is 0 Å². The Bertz CT molecular complexity index is 862. The topological polar surface area (TPSA) is 83.3 Å². The van der Waals surface area contributed by atoms with Gasteiger partial charge in [-0.15, -0.1) is 0 Å². The van der Waals surface area contributed by atoms with Gasteiger partial charge in [0.05, 0.1) is 12.5 Å². The lowest BCUT2D eigenvalue weighted by Crippen LogP contribution is -2.17. The molecule has 2 N–H and O–H groups in total. The standard InChI is InChI=1S/C18H16N4O2/c1-13(10-14-6-3-2-4-7-14)12-19-22-18(23)16-11-15(20-21-16)17-8-5-9-24-17/h2-12H,1H3,(H,20,21)(H,22,23)/b13-10-,19-12-. The van der Waals surface area contributed by atoms with Crippen molar-refractivity contribution in [1.82, 2.24) is 15.6 Å². The van der Waals surface area contributed by atoms with Crippen LogP contribution in [0.3, 0.4) is 0 Å². The first-order chi connectivity index (χ1) is 11.7. The van der Waals surface area contributed by atoms with E-state index < -0.39 is 5.91 Å². The van der Waals surface area contributed by atoms with E-state index in [-0.39, 0.29) is 5.69 Å². The number of benzene rings is 1. The fourth-order valence-corrected chi connectivity index (χ4v) is 2.10. The summed E-state index contributed by atoms with van der Waals surface area (Å²) in [5.74, 6) is 0.222. The molecule has 0 radical (unpaired) electrons. The molecule has 0 fully saturated rings. The van der Waals surface area contributed by atoms with Gasteiger partial charge in [0.1, 0.15) is 5.69 Å². The maximum atomic E-state index is 12.0. The second kappa shape index (κ2) is 7.23. The number of amides is 1. The second-order valence-corrected chi connectivity index (χ2v) is 5.14. The van der Waals surface area contributed by atoms with Gasteiger partial charge < -0.3 is 4.42 Å². The van der Waals surface area contributed by atoms with E-state index >= 15 is 0 Å². The van der Waals surface area contributed by atoms with Crippen molar-refractivity contribution in [3.8, 4) is 11.5 Å². The maximum absolute atomic E-state index is 12.0. The summed E-state index contributed by atoms with van der Waals surface area (Å²) in [5.41, 5.74) is 5.31. The molecule has 0 unspecified atom stereocenters. The Labute approximate surface area is 138 Å². The smallest absolute Gasteiger partial charge is 0.291 e. The normalized spacial score (nSPS) is 11.8. The minimum Gasteiger partial charge on any atom is -0.463 e. The van der Waals surface area contributed by atoms with Crippen LogP contribution >= 0.6 is 0 Å². The van der Waals surface area contributed by atoms with E-state index in [9.17, 15) is 4.79 Å². The number of hydrazone groups is 1. The molecule has 0 bridgehead atoms. The fourth-order valence-electron chi connectivity index (χ4n) is 2.10. The molecule has 3 rings (SSSR count). The lowest BCUT2D eigenvalue weighted by Gasteiger charge is -1.96. The molecule has 0 saturated carbocycles. The Balaban J connectivity index is 1.60. The van der Waals surface area contributed by atoms with Gasteiger partial charge in [0, 0.05) is 6.07 Å². The van der Waals surface area contributed by atoms with E-state index in [2.05, 4.69) is 20.7 Å². The number of aromatic nitrogens is 2. The highest BCUT2D eigenvalue weighted by molar-refractivity contribution is 5.94. The monoisotopic (exact) mass is 320 g/mol. The zero-order valence-electron chi connectivity index (χ0n) is 13.1. The van der Waals surface area contributed by atoms with E-state index in [0.29, 0.717) is 11.5 Å². The number of nitrogens with zero attached hydrogens (tertiary/aromatic N) is 2. The average molecular weight is 320 g/mol. The largest absolute Gasteiger partial charge is 0.463 e. The van der Waals surface area contributed by atoms with Crippen molar-refractivity contribution < 1.29 is 9.21 Å². The molecular weight excluding hydrogens is 304 g/mol. The number of rotatable bonds is 5. The maximum Gasteiger partial charge on any atom is 0.291 e. The Morgan fingerprint density at radius 3 is 2.83 bits per heavy atom. The summed E-state index contributed by atoms with van der Waals surface area (Å²) in [6.07, 6.45) is 5.12. The van der Waals surface area contributed by atoms with Gasteiger partial charge in [0.15, 0.2) is 11.5 Å². The molecule has 1 aromatic carbocycles.